The van der Waals surface area contributed by atoms with Crippen LogP contribution in [0.2, 0.25) is 10.0 Å². The molecule has 0 bridgehead atoms. The van der Waals surface area contributed by atoms with Crippen LogP contribution in [0.25, 0.3) is 0 Å². The Kier molecular flexibility index (Phi) is 4.47. The normalized spacial score (nSPS) is 10.9. The minimum atomic E-state index is -0.353. The number of carbonyl (C=O) groups is 1. The monoisotopic (exact) mass is 314 g/mol. The van der Waals surface area contributed by atoms with Crippen molar-refractivity contribution >= 4 is 46.9 Å². The first-order chi connectivity index (χ1) is 9.08. The largest absolute Gasteiger partial charge is 0.285 e. The standard InChI is InChI=1S/C11H8Cl2N4OS/c1-6-10(19-17-15-6)11(18)16-14-5-7-2-3-8(12)4-9(7)13/h2-5H,1H3,(H,16,18). The van der Waals surface area contributed by atoms with E-state index < -0.39 is 0 Å². The number of carbonyl (C=O) groups excluding carboxylic acids is 1. The third kappa shape index (κ3) is 3.50. The van der Waals surface area contributed by atoms with Gasteiger partial charge in [0.25, 0.3) is 5.91 Å². The second-order valence-corrected chi connectivity index (χ2v) is 5.15. The third-order valence-electron chi connectivity index (χ3n) is 2.19. The molecule has 2 aromatic rings. The van der Waals surface area contributed by atoms with Crippen LogP contribution in [0.3, 0.4) is 0 Å². The molecular weight excluding hydrogens is 307 g/mol. The van der Waals surface area contributed by atoms with Gasteiger partial charge in [-0.1, -0.05) is 33.8 Å². The SMILES string of the molecule is Cc1nnsc1C(=O)NN=Cc1ccc(Cl)cc1Cl. The minimum Gasteiger partial charge on any atom is -0.266 e. The van der Waals surface area contributed by atoms with Crippen LogP contribution in [0, 0.1) is 6.92 Å². The summed E-state index contributed by atoms with van der Waals surface area (Å²) < 4.78 is 3.68. The van der Waals surface area contributed by atoms with Crippen LogP contribution in [0.4, 0.5) is 0 Å². The van der Waals surface area contributed by atoms with Crippen molar-refractivity contribution in [2.45, 2.75) is 6.92 Å². The average molecular weight is 315 g/mol. The molecule has 0 radical (unpaired) electrons. The number of aromatic nitrogens is 2. The lowest BCUT2D eigenvalue weighted by molar-refractivity contribution is 0.0958. The van der Waals surface area contributed by atoms with Crippen molar-refractivity contribution < 1.29 is 4.79 Å². The molecule has 0 spiro atoms. The van der Waals surface area contributed by atoms with Gasteiger partial charge in [-0.3, -0.25) is 4.79 Å². The van der Waals surface area contributed by atoms with Gasteiger partial charge in [-0.25, -0.2) is 5.43 Å². The number of aryl methyl sites for hydroxylation is 1. The van der Waals surface area contributed by atoms with Crippen LogP contribution < -0.4 is 5.43 Å². The maximum atomic E-state index is 11.7. The number of hydrogen-bond donors (Lipinski definition) is 1. The van der Waals surface area contributed by atoms with Gasteiger partial charge >= 0.3 is 0 Å². The molecule has 1 aromatic heterocycles. The molecule has 0 saturated heterocycles. The highest BCUT2D eigenvalue weighted by atomic mass is 35.5. The number of halogens is 2. The van der Waals surface area contributed by atoms with Gasteiger partial charge in [0.1, 0.15) is 4.88 Å². The number of benzene rings is 1. The second kappa shape index (κ2) is 6.10. The summed E-state index contributed by atoms with van der Waals surface area (Å²) >= 11 is 12.8. The Morgan fingerprint density at radius 2 is 2.26 bits per heavy atom. The summed E-state index contributed by atoms with van der Waals surface area (Å²) in [6.07, 6.45) is 1.44. The van der Waals surface area contributed by atoms with Crippen molar-refractivity contribution in [3.63, 3.8) is 0 Å². The maximum Gasteiger partial charge on any atom is 0.285 e. The lowest BCUT2D eigenvalue weighted by Crippen LogP contribution is -2.17. The van der Waals surface area contributed by atoms with Gasteiger partial charge in [-0.2, -0.15) is 5.10 Å². The van der Waals surface area contributed by atoms with Crippen molar-refractivity contribution in [3.05, 3.63) is 44.4 Å². The fraction of sp³-hybridized carbons (Fsp3) is 0.0909. The van der Waals surface area contributed by atoms with E-state index in [1.807, 2.05) is 0 Å². The molecule has 98 valence electrons. The molecule has 0 unspecified atom stereocenters. The van der Waals surface area contributed by atoms with Gasteiger partial charge in [0.05, 0.1) is 16.9 Å². The van der Waals surface area contributed by atoms with E-state index in [1.165, 1.54) is 6.21 Å². The molecule has 1 amide bonds. The van der Waals surface area contributed by atoms with Crippen LogP contribution in [0.5, 0.6) is 0 Å². The van der Waals surface area contributed by atoms with Crippen LogP contribution >= 0.6 is 34.7 Å². The summed E-state index contributed by atoms with van der Waals surface area (Å²) in [4.78, 5) is 12.1. The van der Waals surface area contributed by atoms with Gasteiger partial charge in [0.15, 0.2) is 0 Å². The van der Waals surface area contributed by atoms with E-state index in [4.69, 9.17) is 23.2 Å². The summed E-state index contributed by atoms with van der Waals surface area (Å²) in [7, 11) is 0. The summed E-state index contributed by atoms with van der Waals surface area (Å²) in [5.74, 6) is -0.353. The molecule has 1 aromatic carbocycles. The zero-order valence-electron chi connectivity index (χ0n) is 9.72. The first-order valence-corrected chi connectivity index (χ1v) is 6.68. The molecule has 8 heteroatoms. The Morgan fingerprint density at radius 1 is 1.47 bits per heavy atom. The molecule has 0 aliphatic carbocycles. The van der Waals surface area contributed by atoms with E-state index in [0.717, 1.165) is 11.5 Å². The zero-order valence-corrected chi connectivity index (χ0v) is 12.1. The number of nitrogens with zero attached hydrogens (tertiary/aromatic N) is 3. The Balaban J connectivity index is 2.04. The topological polar surface area (TPSA) is 67.2 Å². The molecule has 19 heavy (non-hydrogen) atoms. The lowest BCUT2D eigenvalue weighted by Gasteiger charge is -1.99. The second-order valence-electron chi connectivity index (χ2n) is 3.55. The molecule has 0 saturated carbocycles. The quantitative estimate of drug-likeness (QED) is 0.699. The van der Waals surface area contributed by atoms with Crippen LogP contribution in [-0.2, 0) is 0 Å². The molecule has 0 aliphatic heterocycles. The van der Waals surface area contributed by atoms with Crippen molar-refractivity contribution in [1.82, 2.24) is 15.0 Å². The van der Waals surface area contributed by atoms with Gasteiger partial charge < -0.3 is 0 Å². The minimum absolute atomic E-state index is 0.353. The Bertz CT molecular complexity index is 641. The number of hydrogen-bond acceptors (Lipinski definition) is 5. The van der Waals surface area contributed by atoms with E-state index in [0.29, 0.717) is 26.2 Å². The molecule has 0 atom stereocenters. The van der Waals surface area contributed by atoms with Crippen LogP contribution in [-0.4, -0.2) is 21.7 Å². The zero-order chi connectivity index (χ0) is 13.8. The Morgan fingerprint density at radius 3 is 2.89 bits per heavy atom. The van der Waals surface area contributed by atoms with E-state index in [9.17, 15) is 4.79 Å². The third-order valence-corrected chi connectivity index (χ3v) is 3.58. The van der Waals surface area contributed by atoms with E-state index >= 15 is 0 Å². The smallest absolute Gasteiger partial charge is 0.266 e. The maximum absolute atomic E-state index is 11.7. The van der Waals surface area contributed by atoms with Gasteiger partial charge in [-0.05, 0) is 30.6 Å². The first-order valence-electron chi connectivity index (χ1n) is 5.15. The lowest BCUT2D eigenvalue weighted by atomic mass is 10.2. The molecule has 2 rings (SSSR count). The summed E-state index contributed by atoms with van der Waals surface area (Å²) in [5, 5.41) is 8.57. The molecular formula is C11H8Cl2N4OS. The molecule has 0 fully saturated rings. The van der Waals surface area contributed by atoms with Crippen LogP contribution in [0.15, 0.2) is 23.3 Å². The van der Waals surface area contributed by atoms with E-state index in [1.54, 1.807) is 25.1 Å². The first kappa shape index (κ1) is 13.9. The Hall–Kier alpha value is -1.50. The number of rotatable bonds is 3. The van der Waals surface area contributed by atoms with Crippen molar-refractivity contribution in [1.29, 1.82) is 0 Å². The van der Waals surface area contributed by atoms with Gasteiger partial charge in [0.2, 0.25) is 0 Å². The average Bonchev–Trinajstić information content (AvgIpc) is 2.78. The predicted octanol–water partition coefficient (Wildman–Crippen LogP) is 2.92. The highest BCUT2D eigenvalue weighted by Gasteiger charge is 2.11. The van der Waals surface area contributed by atoms with Crippen molar-refractivity contribution in [2.75, 3.05) is 0 Å². The van der Waals surface area contributed by atoms with E-state index in [-0.39, 0.29) is 5.91 Å². The number of nitrogens with one attached hydrogen (secondary N) is 1. The van der Waals surface area contributed by atoms with Crippen LogP contribution in [0.1, 0.15) is 20.9 Å². The fourth-order valence-electron chi connectivity index (χ4n) is 1.26. The molecule has 1 heterocycles. The number of amides is 1. The van der Waals surface area contributed by atoms with Gasteiger partial charge in [0, 0.05) is 10.6 Å². The van der Waals surface area contributed by atoms with Gasteiger partial charge in [-0.15, -0.1) is 5.10 Å². The van der Waals surface area contributed by atoms with Crippen molar-refractivity contribution in [3.8, 4) is 0 Å². The highest BCUT2D eigenvalue weighted by Crippen LogP contribution is 2.19. The fourth-order valence-corrected chi connectivity index (χ4v) is 2.26. The predicted molar refractivity (Wildman–Crippen MR) is 76.2 cm³/mol. The van der Waals surface area contributed by atoms with E-state index in [2.05, 4.69) is 20.1 Å². The summed E-state index contributed by atoms with van der Waals surface area (Å²) in [5.41, 5.74) is 3.61. The number of hydrazone groups is 1. The summed E-state index contributed by atoms with van der Waals surface area (Å²) in [6, 6.07) is 5.00. The molecule has 1 N–H and O–H groups in total. The Labute approximate surface area is 123 Å². The molecule has 5 nitrogen and oxygen atoms in total. The van der Waals surface area contributed by atoms with Crippen molar-refractivity contribution in [2.24, 2.45) is 5.10 Å². The molecule has 0 aliphatic rings. The summed E-state index contributed by atoms with van der Waals surface area (Å²) in [6.45, 7) is 1.71. The highest BCUT2D eigenvalue weighted by molar-refractivity contribution is 7.07.